The lowest BCUT2D eigenvalue weighted by molar-refractivity contribution is -0.268. The average Bonchev–Trinajstić information content (AvgIpc) is 1.97. The van der Waals surface area contributed by atoms with Gasteiger partial charge in [-0.25, -0.2) is 4.99 Å². The summed E-state index contributed by atoms with van der Waals surface area (Å²) in [5.41, 5.74) is 1.53. The molecule has 1 atom stereocenters. The van der Waals surface area contributed by atoms with Crippen molar-refractivity contribution in [2.24, 2.45) is 10.7 Å². The normalized spacial score (nSPS) is 34.3. The number of nitrogens with zero attached hydrogens (tertiary/aromatic N) is 1. The molecule has 1 heterocycles. The molecule has 0 unspecified atom stereocenters. The van der Waals surface area contributed by atoms with Gasteiger partial charge in [-0.3, -0.25) is 0 Å². The van der Waals surface area contributed by atoms with Crippen LogP contribution in [0.1, 0.15) is 25.7 Å². The molecule has 1 aliphatic carbocycles. The first kappa shape index (κ1) is 10.5. The summed E-state index contributed by atoms with van der Waals surface area (Å²) in [7, 11) is 0. The van der Waals surface area contributed by atoms with Crippen LogP contribution in [-0.2, 0) is 0 Å². The van der Waals surface area contributed by atoms with Gasteiger partial charge in [0.05, 0.1) is 0 Å². The van der Waals surface area contributed by atoms with Gasteiger partial charge in [-0.1, -0.05) is 0 Å². The number of guanidine groups is 1. The minimum atomic E-state index is -4.78. The number of nitrogens with two attached hydrogens (primary N) is 1. The first-order valence-corrected chi connectivity index (χ1v) is 4.69. The first-order valence-electron chi connectivity index (χ1n) is 4.69. The molecule has 1 fully saturated rings. The Morgan fingerprint density at radius 1 is 1.40 bits per heavy atom. The molecule has 0 bridgehead atoms. The van der Waals surface area contributed by atoms with Gasteiger partial charge >= 0.3 is 6.18 Å². The van der Waals surface area contributed by atoms with Crippen LogP contribution in [0.15, 0.2) is 4.99 Å². The molecule has 0 amide bonds. The fraction of sp³-hybridized carbons (Fsp3) is 0.875. The molecule has 15 heavy (non-hydrogen) atoms. The predicted octanol–water partition coefficient (Wildman–Crippen LogP) is 0.468. The minimum Gasteiger partial charge on any atom is -0.370 e. The Labute approximate surface area is 84.4 Å². The highest BCUT2D eigenvalue weighted by atomic mass is 19.4. The average molecular weight is 223 g/mol. The van der Waals surface area contributed by atoms with Gasteiger partial charge in [0.1, 0.15) is 0 Å². The van der Waals surface area contributed by atoms with Crippen LogP contribution < -0.4 is 11.1 Å². The van der Waals surface area contributed by atoms with Crippen molar-refractivity contribution in [3.05, 3.63) is 0 Å². The standard InChI is InChI=1S/C8H12F3N3O/c9-8(10,11)7(15)4-6(2-1-3-6)13-5(12)14-7/h15H,1-4H2,(H3,12,13,14)/t7-/m0/s1. The molecule has 0 saturated heterocycles. The Bertz CT molecular complexity index is 311. The van der Waals surface area contributed by atoms with Gasteiger partial charge in [0.15, 0.2) is 5.96 Å². The number of hydrogen-bond donors (Lipinski definition) is 3. The van der Waals surface area contributed by atoms with Gasteiger partial charge in [-0.05, 0) is 19.3 Å². The molecule has 2 aliphatic rings. The van der Waals surface area contributed by atoms with Crippen molar-refractivity contribution in [3.63, 3.8) is 0 Å². The van der Waals surface area contributed by atoms with Crippen molar-refractivity contribution in [1.29, 1.82) is 0 Å². The highest BCUT2D eigenvalue weighted by Crippen LogP contribution is 2.46. The third-order valence-corrected chi connectivity index (χ3v) is 3.05. The molecule has 0 aromatic carbocycles. The van der Waals surface area contributed by atoms with Gasteiger partial charge in [-0.2, -0.15) is 13.2 Å². The van der Waals surface area contributed by atoms with Crippen LogP contribution in [0.4, 0.5) is 13.2 Å². The second-order valence-corrected chi connectivity index (χ2v) is 4.25. The summed E-state index contributed by atoms with van der Waals surface area (Å²) in [5.74, 6) is -0.333. The van der Waals surface area contributed by atoms with E-state index in [9.17, 15) is 18.3 Å². The number of halogens is 3. The molecular weight excluding hydrogens is 211 g/mol. The summed E-state index contributed by atoms with van der Waals surface area (Å²) in [6.07, 6.45) is -3.22. The van der Waals surface area contributed by atoms with Crippen LogP contribution in [0.25, 0.3) is 0 Å². The number of nitrogens with one attached hydrogen (secondary N) is 1. The lowest BCUT2D eigenvalue weighted by Gasteiger charge is -2.49. The van der Waals surface area contributed by atoms with Crippen LogP contribution in [0, 0.1) is 0 Å². The molecule has 0 aromatic heterocycles. The fourth-order valence-corrected chi connectivity index (χ4v) is 2.12. The molecule has 4 nitrogen and oxygen atoms in total. The van der Waals surface area contributed by atoms with E-state index in [0.717, 1.165) is 6.42 Å². The Balaban J connectivity index is 2.30. The summed E-state index contributed by atoms with van der Waals surface area (Å²) in [5, 5.41) is 12.2. The maximum absolute atomic E-state index is 12.6. The molecule has 1 spiro atoms. The van der Waals surface area contributed by atoms with E-state index in [-0.39, 0.29) is 5.96 Å². The highest BCUT2D eigenvalue weighted by molar-refractivity contribution is 5.80. The summed E-state index contributed by atoms with van der Waals surface area (Å²) < 4.78 is 37.7. The zero-order chi connectivity index (χ0) is 11.3. The van der Waals surface area contributed by atoms with E-state index in [2.05, 4.69) is 10.3 Å². The van der Waals surface area contributed by atoms with Crippen molar-refractivity contribution in [3.8, 4) is 0 Å². The van der Waals surface area contributed by atoms with Crippen LogP contribution in [0.3, 0.4) is 0 Å². The monoisotopic (exact) mass is 223 g/mol. The van der Waals surface area contributed by atoms with Crippen LogP contribution in [-0.4, -0.2) is 28.5 Å². The van der Waals surface area contributed by atoms with E-state index in [4.69, 9.17) is 5.73 Å². The molecule has 86 valence electrons. The second-order valence-electron chi connectivity index (χ2n) is 4.25. The van der Waals surface area contributed by atoms with Gasteiger partial charge < -0.3 is 16.2 Å². The van der Waals surface area contributed by atoms with E-state index >= 15 is 0 Å². The van der Waals surface area contributed by atoms with Crippen molar-refractivity contribution in [2.75, 3.05) is 0 Å². The lowest BCUT2D eigenvalue weighted by atomic mass is 9.71. The van der Waals surface area contributed by atoms with E-state index in [1.165, 1.54) is 0 Å². The fourth-order valence-electron chi connectivity index (χ4n) is 2.12. The highest BCUT2D eigenvalue weighted by Gasteiger charge is 2.61. The Kier molecular flexibility index (Phi) is 1.95. The number of alkyl halides is 3. The summed E-state index contributed by atoms with van der Waals surface area (Å²) in [6, 6.07) is 0. The lowest BCUT2D eigenvalue weighted by Crippen LogP contribution is -2.66. The van der Waals surface area contributed by atoms with Crippen LogP contribution >= 0.6 is 0 Å². The van der Waals surface area contributed by atoms with Crippen molar-refractivity contribution in [2.45, 2.75) is 43.1 Å². The van der Waals surface area contributed by atoms with Gasteiger partial charge in [-0.15, -0.1) is 0 Å². The van der Waals surface area contributed by atoms with E-state index in [0.29, 0.717) is 12.8 Å². The molecule has 2 rings (SSSR count). The maximum Gasteiger partial charge on any atom is 0.438 e. The van der Waals surface area contributed by atoms with Crippen molar-refractivity contribution >= 4 is 5.96 Å². The van der Waals surface area contributed by atoms with E-state index < -0.39 is 23.9 Å². The van der Waals surface area contributed by atoms with Gasteiger partial charge in [0, 0.05) is 12.0 Å². The second kappa shape index (κ2) is 2.78. The molecule has 0 radical (unpaired) electrons. The third-order valence-electron chi connectivity index (χ3n) is 3.05. The smallest absolute Gasteiger partial charge is 0.370 e. The molecule has 4 N–H and O–H groups in total. The van der Waals surface area contributed by atoms with Gasteiger partial charge in [0.25, 0.3) is 5.72 Å². The summed E-state index contributed by atoms with van der Waals surface area (Å²) in [6.45, 7) is 0. The predicted molar refractivity (Wildman–Crippen MR) is 47.0 cm³/mol. The van der Waals surface area contributed by atoms with Crippen LogP contribution in [0.5, 0.6) is 0 Å². The third kappa shape index (κ3) is 1.54. The number of aliphatic imine (C=N–C) groups is 1. The van der Waals surface area contributed by atoms with Crippen LogP contribution in [0.2, 0.25) is 0 Å². The maximum atomic E-state index is 12.6. The molecule has 7 heteroatoms. The van der Waals surface area contributed by atoms with Gasteiger partial charge in [0.2, 0.25) is 0 Å². The van der Waals surface area contributed by atoms with E-state index in [1.54, 1.807) is 0 Å². The van der Waals surface area contributed by atoms with Crippen molar-refractivity contribution in [1.82, 2.24) is 5.32 Å². The SMILES string of the molecule is NC1=N[C@@](O)(C(F)(F)F)CC2(CCC2)N1. The number of hydrogen-bond acceptors (Lipinski definition) is 4. The topological polar surface area (TPSA) is 70.6 Å². The molecule has 1 saturated carbocycles. The summed E-state index contributed by atoms with van der Waals surface area (Å²) >= 11 is 0. The molecule has 0 aromatic rings. The molecular formula is C8H12F3N3O. The van der Waals surface area contributed by atoms with Crippen molar-refractivity contribution < 1.29 is 18.3 Å². The minimum absolute atomic E-state index is 0.333. The van der Waals surface area contributed by atoms with E-state index in [1.807, 2.05) is 0 Å². The zero-order valence-electron chi connectivity index (χ0n) is 7.93. The zero-order valence-corrected chi connectivity index (χ0v) is 7.93. The largest absolute Gasteiger partial charge is 0.438 e. The number of rotatable bonds is 0. The Morgan fingerprint density at radius 2 is 2.00 bits per heavy atom. The Hall–Kier alpha value is -0.980. The first-order chi connectivity index (χ1) is 6.77. The number of aliphatic hydroxyl groups is 1. The quantitative estimate of drug-likeness (QED) is 0.559. The summed E-state index contributed by atoms with van der Waals surface area (Å²) in [4.78, 5) is 3.08. The Morgan fingerprint density at radius 3 is 2.40 bits per heavy atom. The molecule has 1 aliphatic heterocycles.